The van der Waals surface area contributed by atoms with E-state index in [-0.39, 0.29) is 5.75 Å². The highest BCUT2D eigenvalue weighted by Gasteiger charge is 2.31. The van der Waals surface area contributed by atoms with Gasteiger partial charge in [-0.2, -0.15) is 5.10 Å². The van der Waals surface area contributed by atoms with Gasteiger partial charge in [-0.05, 0) is 42.8 Å². The fourth-order valence-corrected chi connectivity index (χ4v) is 2.86. The van der Waals surface area contributed by atoms with E-state index in [0.717, 1.165) is 35.7 Å². The second-order valence-electron chi connectivity index (χ2n) is 5.52. The van der Waals surface area contributed by atoms with Crippen LogP contribution in [0.5, 0.6) is 5.75 Å². The lowest BCUT2D eigenvalue weighted by molar-refractivity contribution is -0.274. The fraction of sp³-hybridized carbons (Fsp3) is 0.176. The first-order valence-electron chi connectivity index (χ1n) is 7.64. The lowest BCUT2D eigenvalue weighted by atomic mass is 10.1. The Kier molecular flexibility index (Phi) is 3.60. The van der Waals surface area contributed by atoms with Gasteiger partial charge in [-0.15, -0.1) is 13.2 Å². The Labute approximate surface area is 141 Å². The topological polar surface area (TPSA) is 52.0 Å². The van der Waals surface area contributed by atoms with Crippen molar-refractivity contribution >= 4 is 5.82 Å². The van der Waals surface area contributed by atoms with Crippen LogP contribution in [0.1, 0.15) is 5.56 Å². The van der Waals surface area contributed by atoms with Crippen LogP contribution in [0.15, 0.2) is 48.7 Å². The van der Waals surface area contributed by atoms with Crippen LogP contribution in [0.25, 0.3) is 17.1 Å². The summed E-state index contributed by atoms with van der Waals surface area (Å²) in [6.45, 7) is 0.780. The Morgan fingerprint density at radius 1 is 1.08 bits per heavy atom. The van der Waals surface area contributed by atoms with Gasteiger partial charge in [-0.3, -0.25) is 4.98 Å². The van der Waals surface area contributed by atoms with Crippen LogP contribution in [0, 0.1) is 0 Å². The minimum atomic E-state index is -4.71. The first kappa shape index (κ1) is 15.5. The van der Waals surface area contributed by atoms with Crippen molar-refractivity contribution in [2.45, 2.75) is 12.8 Å². The van der Waals surface area contributed by atoms with Crippen LogP contribution in [0.2, 0.25) is 0 Å². The Morgan fingerprint density at radius 3 is 2.56 bits per heavy atom. The second-order valence-corrected chi connectivity index (χ2v) is 5.52. The van der Waals surface area contributed by atoms with Gasteiger partial charge in [0.25, 0.3) is 0 Å². The number of pyridine rings is 1. The highest BCUT2D eigenvalue weighted by Crippen LogP contribution is 2.34. The third kappa shape index (κ3) is 3.02. The maximum Gasteiger partial charge on any atom is 0.573 e. The number of hydrogen-bond acceptors (Lipinski definition) is 4. The Bertz CT molecular complexity index is 889. The summed E-state index contributed by atoms with van der Waals surface area (Å²) < 4.78 is 42.4. The van der Waals surface area contributed by atoms with Crippen molar-refractivity contribution in [1.29, 1.82) is 0 Å². The molecule has 0 saturated heterocycles. The molecule has 0 unspecified atom stereocenters. The van der Waals surface area contributed by atoms with Crippen molar-refractivity contribution in [1.82, 2.24) is 14.8 Å². The molecule has 25 heavy (non-hydrogen) atoms. The molecule has 8 heteroatoms. The van der Waals surface area contributed by atoms with Gasteiger partial charge in [0.15, 0.2) is 0 Å². The predicted octanol–water partition coefficient (Wildman–Crippen LogP) is 3.80. The molecule has 0 saturated carbocycles. The zero-order chi connectivity index (χ0) is 17.4. The molecular weight excluding hydrogens is 333 g/mol. The summed E-state index contributed by atoms with van der Waals surface area (Å²) in [6.07, 6.45) is -2.19. The van der Waals surface area contributed by atoms with Crippen LogP contribution in [0.3, 0.4) is 0 Å². The van der Waals surface area contributed by atoms with Gasteiger partial charge >= 0.3 is 6.36 Å². The van der Waals surface area contributed by atoms with Crippen molar-refractivity contribution in [2.24, 2.45) is 0 Å². The van der Waals surface area contributed by atoms with E-state index >= 15 is 0 Å². The molecule has 2 aromatic heterocycles. The summed E-state index contributed by atoms with van der Waals surface area (Å²) in [6, 6.07) is 11.2. The van der Waals surface area contributed by atoms with Gasteiger partial charge in [-0.25, -0.2) is 4.68 Å². The quantitative estimate of drug-likeness (QED) is 0.784. The Hall–Kier alpha value is -3.03. The van der Waals surface area contributed by atoms with E-state index in [1.807, 2.05) is 18.2 Å². The SMILES string of the molecule is FC(F)(F)Oc1ccc(-n2nc(-c3ccccn3)c3c2NCC3)cc1. The number of anilines is 1. The number of hydrogen-bond donors (Lipinski definition) is 1. The first-order chi connectivity index (χ1) is 12.0. The highest BCUT2D eigenvalue weighted by atomic mass is 19.4. The maximum atomic E-state index is 12.3. The lowest BCUT2D eigenvalue weighted by Gasteiger charge is -2.10. The standard InChI is InChI=1S/C17H13F3N4O/c18-17(19,20)25-12-6-4-11(5-7-12)24-16-13(8-10-22-16)15(23-24)14-3-1-2-9-21-14/h1-7,9,22H,8,10H2. The second kappa shape index (κ2) is 5.80. The molecule has 0 radical (unpaired) electrons. The number of rotatable bonds is 3. The molecule has 1 aliphatic heterocycles. The number of fused-ring (bicyclic) bond motifs is 1. The van der Waals surface area contributed by atoms with Gasteiger partial charge < -0.3 is 10.1 Å². The minimum absolute atomic E-state index is 0.266. The molecule has 3 heterocycles. The molecule has 1 aliphatic rings. The summed E-state index contributed by atoms with van der Waals surface area (Å²) in [4.78, 5) is 4.34. The summed E-state index contributed by atoms with van der Waals surface area (Å²) in [7, 11) is 0. The van der Waals surface area contributed by atoms with E-state index < -0.39 is 6.36 Å². The number of ether oxygens (including phenoxy) is 1. The number of aromatic nitrogens is 3. The average molecular weight is 346 g/mol. The van der Waals surface area contributed by atoms with Crippen molar-refractivity contribution in [3.8, 4) is 22.8 Å². The van der Waals surface area contributed by atoms with Crippen LogP contribution in [0.4, 0.5) is 19.0 Å². The van der Waals surface area contributed by atoms with Crippen molar-refractivity contribution in [2.75, 3.05) is 11.9 Å². The fourth-order valence-electron chi connectivity index (χ4n) is 2.86. The number of halogens is 3. The molecular formula is C17H13F3N4O. The van der Waals surface area contributed by atoms with Crippen LogP contribution in [-0.2, 0) is 6.42 Å². The lowest BCUT2D eigenvalue weighted by Crippen LogP contribution is -2.17. The normalized spacial score (nSPS) is 13.4. The number of nitrogens with zero attached hydrogens (tertiary/aromatic N) is 3. The molecule has 0 atom stereocenters. The maximum absolute atomic E-state index is 12.3. The Morgan fingerprint density at radius 2 is 1.88 bits per heavy atom. The predicted molar refractivity (Wildman–Crippen MR) is 85.7 cm³/mol. The van der Waals surface area contributed by atoms with Gasteiger partial charge in [0.1, 0.15) is 17.3 Å². The third-order valence-corrected chi connectivity index (χ3v) is 3.87. The average Bonchev–Trinajstić information content (AvgIpc) is 3.17. The van der Waals surface area contributed by atoms with Gasteiger partial charge in [0.05, 0.1) is 11.4 Å². The molecule has 0 amide bonds. The molecule has 5 nitrogen and oxygen atoms in total. The molecule has 4 rings (SSSR count). The van der Waals surface area contributed by atoms with Crippen LogP contribution >= 0.6 is 0 Å². The van der Waals surface area contributed by atoms with E-state index in [1.165, 1.54) is 24.3 Å². The summed E-state index contributed by atoms with van der Waals surface area (Å²) in [5.74, 6) is 0.572. The number of benzene rings is 1. The molecule has 0 fully saturated rings. The van der Waals surface area contributed by atoms with Gasteiger partial charge in [0.2, 0.25) is 0 Å². The third-order valence-electron chi connectivity index (χ3n) is 3.87. The van der Waals surface area contributed by atoms with E-state index in [0.29, 0.717) is 5.69 Å². The molecule has 0 aliphatic carbocycles. The molecule has 1 aromatic carbocycles. The van der Waals surface area contributed by atoms with Gasteiger partial charge in [0, 0.05) is 18.3 Å². The van der Waals surface area contributed by atoms with E-state index in [1.54, 1.807) is 10.9 Å². The molecule has 0 bridgehead atoms. The zero-order valence-electron chi connectivity index (χ0n) is 12.9. The summed E-state index contributed by atoms with van der Waals surface area (Å²) in [5, 5.41) is 7.88. The van der Waals surface area contributed by atoms with Crippen molar-refractivity contribution < 1.29 is 17.9 Å². The number of alkyl halides is 3. The van der Waals surface area contributed by atoms with E-state index in [4.69, 9.17) is 0 Å². The van der Waals surface area contributed by atoms with Crippen LogP contribution < -0.4 is 10.1 Å². The van der Waals surface area contributed by atoms with Gasteiger partial charge in [-0.1, -0.05) is 6.07 Å². The van der Waals surface area contributed by atoms with Crippen molar-refractivity contribution in [3.63, 3.8) is 0 Å². The smallest absolute Gasteiger partial charge is 0.406 e. The largest absolute Gasteiger partial charge is 0.573 e. The summed E-state index contributed by atoms with van der Waals surface area (Å²) in [5.41, 5.74) is 3.23. The zero-order valence-corrected chi connectivity index (χ0v) is 12.9. The molecule has 1 N–H and O–H groups in total. The Balaban J connectivity index is 1.72. The summed E-state index contributed by atoms with van der Waals surface area (Å²) >= 11 is 0. The van der Waals surface area contributed by atoms with Crippen LogP contribution in [-0.4, -0.2) is 27.7 Å². The van der Waals surface area contributed by atoms with E-state index in [2.05, 4.69) is 20.1 Å². The molecule has 0 spiro atoms. The first-order valence-corrected chi connectivity index (χ1v) is 7.64. The van der Waals surface area contributed by atoms with Crippen molar-refractivity contribution in [3.05, 3.63) is 54.2 Å². The molecule has 128 valence electrons. The number of nitrogens with one attached hydrogen (secondary N) is 1. The monoisotopic (exact) mass is 346 g/mol. The minimum Gasteiger partial charge on any atom is -0.406 e. The highest BCUT2D eigenvalue weighted by molar-refractivity contribution is 5.70. The molecule has 3 aromatic rings. The van der Waals surface area contributed by atoms with E-state index in [9.17, 15) is 13.2 Å².